The molecule has 2 atom stereocenters. The molecule has 10 nitrogen and oxygen atoms in total. The normalized spacial score (nSPS) is 22.8. The van der Waals surface area contributed by atoms with Gasteiger partial charge in [0.1, 0.15) is 12.4 Å². The summed E-state index contributed by atoms with van der Waals surface area (Å²) in [5.74, 6) is -0.411. The summed E-state index contributed by atoms with van der Waals surface area (Å²) in [6.07, 6.45) is 2.89. The number of nitrogens with zero attached hydrogens (tertiary/aromatic N) is 5. The van der Waals surface area contributed by atoms with E-state index in [9.17, 15) is 14.4 Å². The number of carbonyl (C=O) groups is 3. The number of fused-ring (bicyclic) bond motifs is 1. The molecule has 3 aliphatic rings. The summed E-state index contributed by atoms with van der Waals surface area (Å²) in [4.78, 5) is 53.2. The molecule has 11 heteroatoms. The maximum Gasteiger partial charge on any atom is 0.255 e. The largest absolute Gasteiger partial charge is 0.332 e. The summed E-state index contributed by atoms with van der Waals surface area (Å²) in [5.41, 5.74) is 2.44. The third-order valence-corrected chi connectivity index (χ3v) is 6.46. The highest BCUT2D eigenvalue weighted by molar-refractivity contribution is 6.28. The Morgan fingerprint density at radius 3 is 2.81 bits per heavy atom. The molecule has 1 aromatic heterocycles. The Morgan fingerprint density at radius 1 is 1.19 bits per heavy atom. The fourth-order valence-corrected chi connectivity index (χ4v) is 4.78. The van der Waals surface area contributed by atoms with Crippen molar-refractivity contribution in [3.8, 4) is 0 Å². The number of nitrogens with one attached hydrogen (secondary N) is 2. The number of amides is 3. The number of carbonyl (C=O) groups excluding carboxylic acids is 3. The lowest BCUT2D eigenvalue weighted by molar-refractivity contribution is -0.136. The topological polar surface area (TPSA) is 120 Å². The first-order valence-electron chi connectivity index (χ1n) is 10.6. The summed E-state index contributed by atoms with van der Waals surface area (Å²) in [6, 6.07) is 5.16. The fourth-order valence-electron chi connectivity index (χ4n) is 4.66. The second-order valence-corrected chi connectivity index (χ2v) is 8.51. The number of hydrogen-bond acceptors (Lipinski definition) is 8. The molecule has 4 heterocycles. The van der Waals surface area contributed by atoms with Crippen LogP contribution in [0.25, 0.3) is 0 Å². The lowest BCUT2D eigenvalue weighted by atomic mass is 10.0. The molecule has 2 unspecified atom stereocenters. The van der Waals surface area contributed by atoms with E-state index in [1.807, 2.05) is 12.1 Å². The van der Waals surface area contributed by atoms with Crippen molar-refractivity contribution in [3.63, 3.8) is 0 Å². The monoisotopic (exact) mass is 455 g/mol. The quantitative estimate of drug-likeness (QED) is 0.631. The van der Waals surface area contributed by atoms with E-state index < -0.39 is 11.9 Å². The van der Waals surface area contributed by atoms with E-state index in [1.54, 1.807) is 11.0 Å². The Bertz CT molecular complexity index is 1090. The van der Waals surface area contributed by atoms with Crippen molar-refractivity contribution < 1.29 is 14.4 Å². The van der Waals surface area contributed by atoms with Crippen molar-refractivity contribution in [2.75, 3.05) is 18.0 Å². The molecule has 32 heavy (non-hydrogen) atoms. The zero-order valence-electron chi connectivity index (χ0n) is 17.3. The molecule has 0 radical (unpaired) electrons. The smallest absolute Gasteiger partial charge is 0.255 e. The maximum atomic E-state index is 13.1. The molecule has 0 spiro atoms. The minimum absolute atomic E-state index is 0.128. The SMILES string of the molecule is O=C1CCC(N2Cc3c(CN(c4ncnc(Cl)n4)C4CCNC4)cccc3C2=O)C(=O)N1. The highest BCUT2D eigenvalue weighted by Crippen LogP contribution is 2.31. The van der Waals surface area contributed by atoms with Gasteiger partial charge >= 0.3 is 0 Å². The Hall–Kier alpha value is -3.11. The highest BCUT2D eigenvalue weighted by Gasteiger charge is 2.40. The van der Waals surface area contributed by atoms with Crippen molar-refractivity contribution in [2.45, 2.75) is 44.4 Å². The number of piperidine rings is 1. The van der Waals surface area contributed by atoms with Gasteiger partial charge in [0.15, 0.2) is 0 Å². The van der Waals surface area contributed by atoms with E-state index in [-0.39, 0.29) is 29.6 Å². The van der Waals surface area contributed by atoms with Crippen LogP contribution in [0.4, 0.5) is 5.95 Å². The van der Waals surface area contributed by atoms with E-state index >= 15 is 0 Å². The minimum Gasteiger partial charge on any atom is -0.332 e. The van der Waals surface area contributed by atoms with E-state index in [0.29, 0.717) is 31.0 Å². The molecule has 0 saturated carbocycles. The Labute approximate surface area is 189 Å². The molecule has 166 valence electrons. The summed E-state index contributed by atoms with van der Waals surface area (Å²) in [6.45, 7) is 2.51. The molecule has 2 aromatic rings. The molecule has 2 saturated heterocycles. The van der Waals surface area contributed by atoms with Gasteiger partial charge in [0.2, 0.25) is 23.0 Å². The molecule has 0 bridgehead atoms. The van der Waals surface area contributed by atoms with Gasteiger partial charge in [-0.3, -0.25) is 19.7 Å². The number of aromatic nitrogens is 3. The van der Waals surface area contributed by atoms with Gasteiger partial charge in [-0.25, -0.2) is 9.97 Å². The van der Waals surface area contributed by atoms with Gasteiger partial charge in [-0.15, -0.1) is 0 Å². The third-order valence-electron chi connectivity index (χ3n) is 6.28. The summed E-state index contributed by atoms with van der Waals surface area (Å²) < 4.78 is 0. The van der Waals surface area contributed by atoms with Gasteiger partial charge < -0.3 is 15.1 Å². The van der Waals surface area contributed by atoms with Crippen LogP contribution in [0.3, 0.4) is 0 Å². The van der Waals surface area contributed by atoms with Crippen molar-refractivity contribution in [1.82, 2.24) is 30.5 Å². The van der Waals surface area contributed by atoms with E-state index in [1.165, 1.54) is 6.33 Å². The molecule has 0 aliphatic carbocycles. The van der Waals surface area contributed by atoms with Gasteiger partial charge in [-0.05, 0) is 48.2 Å². The van der Waals surface area contributed by atoms with Crippen molar-refractivity contribution in [3.05, 3.63) is 46.5 Å². The summed E-state index contributed by atoms with van der Waals surface area (Å²) >= 11 is 6.02. The number of anilines is 1. The number of imide groups is 1. The van der Waals surface area contributed by atoms with E-state index in [2.05, 4.69) is 30.5 Å². The van der Waals surface area contributed by atoms with Gasteiger partial charge in [0, 0.05) is 37.7 Å². The van der Waals surface area contributed by atoms with Gasteiger partial charge in [-0.1, -0.05) is 12.1 Å². The number of hydrogen-bond donors (Lipinski definition) is 2. The van der Waals surface area contributed by atoms with Gasteiger partial charge in [0.05, 0.1) is 0 Å². The van der Waals surface area contributed by atoms with Crippen molar-refractivity contribution >= 4 is 35.3 Å². The fraction of sp³-hybridized carbons (Fsp3) is 0.429. The first-order valence-corrected chi connectivity index (χ1v) is 11.0. The molecular formula is C21H22ClN7O3. The van der Waals surface area contributed by atoms with Crippen LogP contribution in [-0.4, -0.2) is 62.7 Å². The van der Waals surface area contributed by atoms with Crippen molar-refractivity contribution in [1.29, 1.82) is 0 Å². The zero-order valence-corrected chi connectivity index (χ0v) is 18.0. The van der Waals surface area contributed by atoms with E-state index in [0.717, 1.165) is 30.6 Å². The van der Waals surface area contributed by atoms with Crippen LogP contribution in [0.5, 0.6) is 0 Å². The number of benzene rings is 1. The van der Waals surface area contributed by atoms with Gasteiger partial charge in [-0.2, -0.15) is 4.98 Å². The van der Waals surface area contributed by atoms with Gasteiger partial charge in [0.25, 0.3) is 5.91 Å². The Balaban J connectivity index is 1.44. The molecule has 2 N–H and O–H groups in total. The average Bonchev–Trinajstić information content (AvgIpc) is 3.41. The first kappa shape index (κ1) is 20.8. The van der Waals surface area contributed by atoms with Crippen molar-refractivity contribution in [2.24, 2.45) is 0 Å². The lowest BCUT2D eigenvalue weighted by Crippen LogP contribution is -2.52. The zero-order chi connectivity index (χ0) is 22.2. The predicted octanol–water partition coefficient (Wildman–Crippen LogP) is 0.654. The Kier molecular flexibility index (Phi) is 5.48. The minimum atomic E-state index is -0.641. The lowest BCUT2D eigenvalue weighted by Gasteiger charge is -2.30. The third kappa shape index (κ3) is 3.80. The maximum absolute atomic E-state index is 13.1. The predicted molar refractivity (Wildman–Crippen MR) is 115 cm³/mol. The van der Waals surface area contributed by atoms with Crippen LogP contribution in [0, 0.1) is 0 Å². The molecule has 1 aromatic carbocycles. The standard InChI is InChI=1S/C21H22ClN7O3/c22-20-24-11-25-21(27-20)28(13-6-7-23-8-13)9-12-2-1-3-14-15(12)10-29(19(14)32)16-4-5-17(30)26-18(16)31/h1-3,11,13,16,23H,4-10H2,(H,26,30,31). The van der Waals surface area contributed by atoms with Crippen LogP contribution < -0.4 is 15.5 Å². The number of rotatable bonds is 5. The van der Waals surface area contributed by atoms with Crippen LogP contribution >= 0.6 is 11.6 Å². The Morgan fingerprint density at radius 2 is 2.06 bits per heavy atom. The average molecular weight is 456 g/mol. The molecule has 2 fully saturated rings. The van der Waals surface area contributed by atoms with Crippen LogP contribution in [0.1, 0.15) is 40.7 Å². The second-order valence-electron chi connectivity index (χ2n) is 8.17. The highest BCUT2D eigenvalue weighted by atomic mass is 35.5. The van der Waals surface area contributed by atoms with Crippen LogP contribution in [0.2, 0.25) is 5.28 Å². The van der Waals surface area contributed by atoms with E-state index in [4.69, 9.17) is 11.6 Å². The van der Waals surface area contributed by atoms with Crippen LogP contribution in [-0.2, 0) is 22.7 Å². The summed E-state index contributed by atoms with van der Waals surface area (Å²) in [5, 5.41) is 5.83. The molecular weight excluding hydrogens is 434 g/mol. The molecule has 3 aliphatic heterocycles. The van der Waals surface area contributed by atoms with Crippen LogP contribution in [0.15, 0.2) is 24.5 Å². The first-order chi connectivity index (χ1) is 15.5. The molecule has 5 rings (SSSR count). The second kappa shape index (κ2) is 8.44. The molecule has 3 amide bonds. The number of halogens is 1. The summed E-state index contributed by atoms with van der Waals surface area (Å²) in [7, 11) is 0.